The lowest BCUT2D eigenvalue weighted by Gasteiger charge is -2.34. The molecule has 1 aromatic heterocycles. The van der Waals surface area contributed by atoms with E-state index in [0.717, 1.165) is 12.2 Å². The Labute approximate surface area is 136 Å². The Morgan fingerprint density at radius 2 is 2.13 bits per heavy atom. The maximum atomic E-state index is 12.5. The molecule has 0 radical (unpaired) electrons. The highest BCUT2D eigenvalue weighted by atomic mass is 16.5. The Hall–Kier alpha value is -1.89. The molecular weight excluding hydrogens is 296 g/mol. The van der Waals surface area contributed by atoms with E-state index < -0.39 is 0 Å². The number of aromatic nitrogens is 2. The predicted octanol–water partition coefficient (Wildman–Crippen LogP) is 0.818. The van der Waals surface area contributed by atoms with Crippen molar-refractivity contribution in [2.45, 2.75) is 32.9 Å². The van der Waals surface area contributed by atoms with E-state index in [1.54, 1.807) is 13.3 Å². The van der Waals surface area contributed by atoms with Crippen LogP contribution in [0.2, 0.25) is 0 Å². The molecule has 23 heavy (non-hydrogen) atoms. The molecule has 0 saturated heterocycles. The number of nitrogens with one attached hydrogen (secondary N) is 1. The number of hydrogen-bond acceptors (Lipinski definition) is 4. The highest BCUT2D eigenvalue weighted by Gasteiger charge is 2.44. The van der Waals surface area contributed by atoms with Crippen LogP contribution in [0.5, 0.6) is 0 Å². The summed E-state index contributed by atoms with van der Waals surface area (Å²) >= 11 is 0. The summed E-state index contributed by atoms with van der Waals surface area (Å²) in [6.45, 7) is 6.38. The number of imidazole rings is 1. The molecule has 2 heterocycles. The Morgan fingerprint density at radius 3 is 2.78 bits per heavy atom. The van der Waals surface area contributed by atoms with Gasteiger partial charge < -0.3 is 19.5 Å². The smallest absolute Gasteiger partial charge is 0.271 e. The molecular formula is C16H24N4O3. The van der Waals surface area contributed by atoms with E-state index in [1.807, 2.05) is 16.4 Å². The topological polar surface area (TPSA) is 76.5 Å². The number of fused-ring (bicyclic) bond motifs is 1. The van der Waals surface area contributed by atoms with Crippen LogP contribution in [0, 0.1) is 11.8 Å². The second-order valence-corrected chi connectivity index (χ2v) is 6.45. The molecule has 0 unspecified atom stereocenters. The van der Waals surface area contributed by atoms with E-state index in [-0.39, 0.29) is 23.8 Å². The van der Waals surface area contributed by atoms with Gasteiger partial charge in [-0.1, -0.05) is 6.92 Å². The molecule has 0 bridgehead atoms. The molecule has 7 nitrogen and oxygen atoms in total. The monoisotopic (exact) mass is 320 g/mol. The van der Waals surface area contributed by atoms with Crippen molar-refractivity contribution in [2.75, 3.05) is 26.8 Å². The first-order valence-corrected chi connectivity index (χ1v) is 8.17. The van der Waals surface area contributed by atoms with Gasteiger partial charge in [-0.3, -0.25) is 9.59 Å². The Balaban J connectivity index is 1.70. The molecule has 1 saturated carbocycles. The molecule has 126 valence electrons. The van der Waals surface area contributed by atoms with Gasteiger partial charge in [-0.25, -0.2) is 4.98 Å². The summed E-state index contributed by atoms with van der Waals surface area (Å²) in [5.74, 6) is 1.49. The number of carbonyl (C=O) groups is 2. The molecule has 0 aromatic carbocycles. The van der Waals surface area contributed by atoms with Gasteiger partial charge in [0.1, 0.15) is 11.5 Å². The van der Waals surface area contributed by atoms with Gasteiger partial charge in [0, 0.05) is 38.9 Å². The number of rotatable bonds is 5. The van der Waals surface area contributed by atoms with Crippen LogP contribution < -0.4 is 5.32 Å². The van der Waals surface area contributed by atoms with Crippen molar-refractivity contribution in [3.8, 4) is 0 Å². The summed E-state index contributed by atoms with van der Waals surface area (Å²) in [5, 5.41) is 2.77. The predicted molar refractivity (Wildman–Crippen MR) is 83.8 cm³/mol. The summed E-state index contributed by atoms with van der Waals surface area (Å²) in [7, 11) is 1.59. The molecule has 2 amide bonds. The molecule has 1 fully saturated rings. The van der Waals surface area contributed by atoms with Crippen molar-refractivity contribution in [1.29, 1.82) is 0 Å². The van der Waals surface area contributed by atoms with Crippen molar-refractivity contribution < 1.29 is 14.3 Å². The maximum absolute atomic E-state index is 12.5. The van der Waals surface area contributed by atoms with Crippen LogP contribution in [0.4, 0.5) is 0 Å². The van der Waals surface area contributed by atoms with E-state index >= 15 is 0 Å². The van der Waals surface area contributed by atoms with Crippen molar-refractivity contribution in [3.63, 3.8) is 0 Å². The fraction of sp³-hybridized carbons (Fsp3) is 0.688. The third-order valence-electron chi connectivity index (χ3n) is 4.76. The van der Waals surface area contributed by atoms with Crippen LogP contribution in [0.3, 0.4) is 0 Å². The minimum absolute atomic E-state index is 0.0930. The van der Waals surface area contributed by atoms with Crippen LogP contribution >= 0.6 is 0 Å². The second-order valence-electron chi connectivity index (χ2n) is 6.45. The number of nitrogens with zero attached hydrogens (tertiary/aromatic N) is 3. The molecule has 2 aliphatic rings. The van der Waals surface area contributed by atoms with Crippen LogP contribution in [-0.2, 0) is 16.1 Å². The van der Waals surface area contributed by atoms with Gasteiger partial charge >= 0.3 is 0 Å². The lowest BCUT2D eigenvalue weighted by Crippen LogP contribution is -2.42. The first-order valence-electron chi connectivity index (χ1n) is 8.17. The maximum Gasteiger partial charge on any atom is 0.271 e. The first-order chi connectivity index (χ1) is 11.0. The zero-order chi connectivity index (χ0) is 16.6. The fourth-order valence-corrected chi connectivity index (χ4v) is 3.14. The quantitative estimate of drug-likeness (QED) is 0.815. The van der Waals surface area contributed by atoms with Gasteiger partial charge in [0.15, 0.2) is 0 Å². The molecule has 1 N–H and O–H groups in total. The molecule has 3 atom stereocenters. The van der Waals surface area contributed by atoms with Crippen molar-refractivity contribution in [3.05, 3.63) is 17.7 Å². The molecule has 3 rings (SSSR count). The first kappa shape index (κ1) is 16.0. The van der Waals surface area contributed by atoms with E-state index in [1.165, 1.54) is 0 Å². The van der Waals surface area contributed by atoms with E-state index in [2.05, 4.69) is 17.2 Å². The van der Waals surface area contributed by atoms with Crippen molar-refractivity contribution in [2.24, 2.45) is 11.8 Å². The van der Waals surface area contributed by atoms with Crippen molar-refractivity contribution in [1.82, 2.24) is 19.8 Å². The largest absolute Gasteiger partial charge is 0.383 e. The number of carbonyl (C=O) groups excluding carboxylic acids is 2. The van der Waals surface area contributed by atoms with Gasteiger partial charge in [0.05, 0.1) is 12.6 Å². The average molecular weight is 320 g/mol. The van der Waals surface area contributed by atoms with E-state index in [0.29, 0.717) is 37.9 Å². The summed E-state index contributed by atoms with van der Waals surface area (Å²) in [4.78, 5) is 31.0. The minimum Gasteiger partial charge on any atom is -0.383 e. The molecule has 1 aliphatic heterocycles. The van der Waals surface area contributed by atoms with E-state index in [4.69, 9.17) is 4.74 Å². The second kappa shape index (κ2) is 6.31. The van der Waals surface area contributed by atoms with Crippen LogP contribution in [0.1, 0.15) is 42.6 Å². The molecule has 0 spiro atoms. The van der Waals surface area contributed by atoms with Crippen LogP contribution in [0.25, 0.3) is 0 Å². The van der Waals surface area contributed by atoms with Crippen molar-refractivity contribution >= 4 is 11.8 Å². The molecule has 1 aromatic rings. The fourth-order valence-electron chi connectivity index (χ4n) is 3.14. The highest BCUT2D eigenvalue weighted by Crippen LogP contribution is 2.41. The van der Waals surface area contributed by atoms with Gasteiger partial charge in [0.2, 0.25) is 5.91 Å². The summed E-state index contributed by atoms with van der Waals surface area (Å²) in [6, 6.07) is -0.0930. The number of hydrogen-bond donors (Lipinski definition) is 1. The Morgan fingerprint density at radius 1 is 1.39 bits per heavy atom. The van der Waals surface area contributed by atoms with E-state index in [9.17, 15) is 9.59 Å². The number of methoxy groups -OCH3 is 1. The minimum atomic E-state index is -0.204. The van der Waals surface area contributed by atoms with Crippen LogP contribution in [0.15, 0.2) is 6.20 Å². The molecule has 7 heteroatoms. The Kier molecular flexibility index (Phi) is 4.39. The zero-order valence-corrected chi connectivity index (χ0v) is 13.9. The third-order valence-corrected chi connectivity index (χ3v) is 4.76. The highest BCUT2D eigenvalue weighted by molar-refractivity contribution is 5.92. The van der Waals surface area contributed by atoms with Gasteiger partial charge in [-0.05, 0) is 19.3 Å². The van der Waals surface area contributed by atoms with Gasteiger partial charge in [-0.2, -0.15) is 0 Å². The summed E-state index contributed by atoms with van der Waals surface area (Å²) in [5.41, 5.74) is 0.400. The summed E-state index contributed by atoms with van der Waals surface area (Å²) < 4.78 is 6.90. The number of ether oxygens (including phenoxy) is 1. The standard InChI is InChI=1S/C16H24N4O3/c1-10-8-12(10)16(22)20-6-5-19-9-13(18-14(19)11(20)2)15(21)17-4-7-23-3/h9-12H,4-8H2,1-3H3,(H,17,21)/t10-,11-,12-/m0/s1. The Bertz CT molecular complexity index is 612. The lowest BCUT2D eigenvalue weighted by atomic mass is 10.1. The van der Waals surface area contributed by atoms with Gasteiger partial charge in [-0.15, -0.1) is 0 Å². The van der Waals surface area contributed by atoms with Gasteiger partial charge in [0.25, 0.3) is 5.91 Å². The third kappa shape index (κ3) is 3.10. The SMILES string of the molecule is COCCNC(=O)c1cn2c(n1)[C@H](C)N(C(=O)[C@H]1C[C@@H]1C)CC2. The molecule has 1 aliphatic carbocycles. The average Bonchev–Trinajstić information content (AvgIpc) is 3.09. The normalized spacial score (nSPS) is 25.9. The zero-order valence-electron chi connectivity index (χ0n) is 13.9. The van der Waals surface area contributed by atoms with Crippen LogP contribution in [-0.4, -0.2) is 53.1 Å². The number of amides is 2. The summed E-state index contributed by atoms with van der Waals surface area (Å²) in [6.07, 6.45) is 2.76. The lowest BCUT2D eigenvalue weighted by molar-refractivity contribution is -0.136.